The van der Waals surface area contributed by atoms with E-state index in [1.165, 1.54) is 22.0 Å². The summed E-state index contributed by atoms with van der Waals surface area (Å²) in [6.07, 6.45) is 3.98. The fourth-order valence-corrected chi connectivity index (χ4v) is 6.05. The molecule has 2 aromatic rings. The summed E-state index contributed by atoms with van der Waals surface area (Å²) < 4.78 is 33.2. The summed E-state index contributed by atoms with van der Waals surface area (Å²) in [6, 6.07) is 16.5. The Hall–Kier alpha value is -2.52. The zero-order valence-electron chi connectivity index (χ0n) is 19.8. The van der Waals surface area contributed by atoms with Gasteiger partial charge in [0.15, 0.2) is 0 Å². The van der Waals surface area contributed by atoms with Gasteiger partial charge >= 0.3 is 0 Å². The molecule has 0 bridgehead atoms. The number of morpholine rings is 1. The number of hydrogen-bond acceptors (Lipinski definition) is 5. The van der Waals surface area contributed by atoms with E-state index in [2.05, 4.69) is 29.2 Å². The summed E-state index contributed by atoms with van der Waals surface area (Å²) in [5, 5.41) is 0. The van der Waals surface area contributed by atoms with E-state index in [4.69, 9.17) is 4.74 Å². The molecule has 7 nitrogen and oxygen atoms in total. The third-order valence-corrected chi connectivity index (χ3v) is 8.10. The third kappa shape index (κ3) is 5.93. The average Bonchev–Trinajstić information content (AvgIpc) is 2.84. The lowest BCUT2D eigenvalue weighted by Gasteiger charge is -2.34. The number of rotatable bonds is 6. The second-order valence-corrected chi connectivity index (χ2v) is 10.9. The number of hydrogen-bond donors (Lipinski definition) is 0. The minimum Gasteiger partial charge on any atom is -0.373 e. The van der Waals surface area contributed by atoms with Crippen molar-refractivity contribution in [1.29, 1.82) is 0 Å². The summed E-state index contributed by atoms with van der Waals surface area (Å²) >= 11 is 0. The molecule has 34 heavy (non-hydrogen) atoms. The molecule has 0 radical (unpaired) electrons. The highest BCUT2D eigenvalue weighted by Gasteiger charge is 2.32. The Morgan fingerprint density at radius 2 is 1.56 bits per heavy atom. The zero-order valence-corrected chi connectivity index (χ0v) is 20.7. The molecule has 2 aromatic carbocycles. The van der Waals surface area contributed by atoms with Gasteiger partial charge in [0.1, 0.15) is 0 Å². The molecular formula is C26H33N3O4S. The van der Waals surface area contributed by atoms with Gasteiger partial charge in [0.25, 0.3) is 5.91 Å². The molecule has 2 atom stereocenters. The highest BCUT2D eigenvalue weighted by atomic mass is 32.2. The van der Waals surface area contributed by atoms with Gasteiger partial charge in [-0.05, 0) is 43.7 Å². The molecular weight excluding hydrogens is 450 g/mol. The van der Waals surface area contributed by atoms with Crippen LogP contribution in [0.4, 0.5) is 0 Å². The number of piperazine rings is 1. The molecule has 2 fully saturated rings. The molecule has 4 rings (SSSR count). The number of benzene rings is 2. The normalized spacial score (nSPS) is 22.8. The number of sulfonamides is 1. The molecule has 0 spiro atoms. The van der Waals surface area contributed by atoms with E-state index >= 15 is 0 Å². The number of amides is 1. The van der Waals surface area contributed by atoms with Gasteiger partial charge in [0.05, 0.1) is 17.1 Å². The fraction of sp³-hybridized carbons (Fsp3) is 0.423. The van der Waals surface area contributed by atoms with Gasteiger partial charge < -0.3 is 9.64 Å². The molecule has 1 amide bonds. The first-order valence-electron chi connectivity index (χ1n) is 11.8. The maximum atomic E-state index is 13.0. The van der Waals surface area contributed by atoms with Crippen molar-refractivity contribution in [2.45, 2.75) is 31.0 Å². The van der Waals surface area contributed by atoms with Gasteiger partial charge in [0.2, 0.25) is 10.0 Å². The third-order valence-electron chi connectivity index (χ3n) is 6.26. The maximum absolute atomic E-state index is 13.0. The van der Waals surface area contributed by atoms with E-state index in [9.17, 15) is 13.2 Å². The summed E-state index contributed by atoms with van der Waals surface area (Å²) in [5.74, 6) is -0.0583. The van der Waals surface area contributed by atoms with Gasteiger partial charge in [0, 0.05) is 51.4 Å². The second-order valence-electron chi connectivity index (χ2n) is 9.01. The Kier molecular flexibility index (Phi) is 7.83. The Morgan fingerprint density at radius 1 is 0.941 bits per heavy atom. The first-order chi connectivity index (χ1) is 16.3. The largest absolute Gasteiger partial charge is 0.373 e. The summed E-state index contributed by atoms with van der Waals surface area (Å²) in [5.41, 5.74) is 1.69. The lowest BCUT2D eigenvalue weighted by molar-refractivity contribution is -0.0440. The Bertz CT molecular complexity index is 1080. The number of ether oxygens (including phenoxy) is 1. The average molecular weight is 484 g/mol. The van der Waals surface area contributed by atoms with Crippen LogP contribution >= 0.6 is 0 Å². The number of carbonyl (C=O) groups excluding carboxylic acids is 1. The summed E-state index contributed by atoms with van der Waals surface area (Å²) in [4.78, 5) is 17.3. The van der Waals surface area contributed by atoms with Gasteiger partial charge in [-0.15, -0.1) is 0 Å². The van der Waals surface area contributed by atoms with Crippen molar-refractivity contribution in [3.63, 3.8) is 0 Å². The highest BCUT2D eigenvalue weighted by molar-refractivity contribution is 7.89. The molecule has 2 heterocycles. The van der Waals surface area contributed by atoms with Crippen LogP contribution in [0.15, 0.2) is 65.6 Å². The van der Waals surface area contributed by atoms with E-state index in [1.807, 2.05) is 36.9 Å². The van der Waals surface area contributed by atoms with E-state index in [0.29, 0.717) is 31.7 Å². The molecule has 2 aliphatic heterocycles. The van der Waals surface area contributed by atoms with Crippen molar-refractivity contribution in [2.24, 2.45) is 0 Å². The minimum absolute atomic E-state index is 0.0583. The van der Waals surface area contributed by atoms with Crippen molar-refractivity contribution in [3.05, 3.63) is 71.8 Å². The standard InChI is InChI=1S/C26H33N3O4S/c1-21-19-29(20-22(2)33-21)34(31,32)25-12-10-24(11-13-25)26(30)28-17-15-27(16-18-28)14-6-9-23-7-4-3-5-8-23/h3-13,21-22H,14-20H2,1-2H3/b9-6+. The molecule has 0 aromatic heterocycles. The smallest absolute Gasteiger partial charge is 0.253 e. The fourth-order valence-electron chi connectivity index (χ4n) is 4.46. The van der Waals surface area contributed by atoms with Crippen molar-refractivity contribution >= 4 is 22.0 Å². The van der Waals surface area contributed by atoms with Gasteiger partial charge in [-0.25, -0.2) is 8.42 Å². The van der Waals surface area contributed by atoms with Crippen LogP contribution in [0.5, 0.6) is 0 Å². The molecule has 2 aliphatic rings. The summed E-state index contributed by atoms with van der Waals surface area (Å²) in [6.45, 7) is 8.19. The van der Waals surface area contributed by atoms with E-state index in [0.717, 1.165) is 19.6 Å². The highest BCUT2D eigenvalue weighted by Crippen LogP contribution is 2.22. The van der Waals surface area contributed by atoms with E-state index in [-0.39, 0.29) is 23.0 Å². The Balaban J connectivity index is 1.31. The molecule has 2 saturated heterocycles. The Labute approximate surface area is 202 Å². The first kappa shape index (κ1) is 24.6. The monoisotopic (exact) mass is 483 g/mol. The molecule has 2 unspecified atom stereocenters. The van der Waals surface area contributed by atoms with Crippen LogP contribution in [0, 0.1) is 0 Å². The van der Waals surface area contributed by atoms with Crippen molar-refractivity contribution in [1.82, 2.24) is 14.1 Å². The van der Waals surface area contributed by atoms with Crippen LogP contribution in [0.3, 0.4) is 0 Å². The van der Waals surface area contributed by atoms with Crippen molar-refractivity contribution < 1.29 is 17.9 Å². The quantitative estimate of drug-likeness (QED) is 0.632. The predicted octanol–water partition coefficient (Wildman–Crippen LogP) is 2.96. The topological polar surface area (TPSA) is 70.2 Å². The maximum Gasteiger partial charge on any atom is 0.253 e. The lowest BCUT2D eigenvalue weighted by atomic mass is 10.2. The van der Waals surface area contributed by atoms with Crippen LogP contribution < -0.4 is 0 Å². The molecule has 182 valence electrons. The van der Waals surface area contributed by atoms with Crippen LogP contribution in [0.1, 0.15) is 29.8 Å². The predicted molar refractivity (Wildman–Crippen MR) is 133 cm³/mol. The lowest BCUT2D eigenvalue weighted by Crippen LogP contribution is -2.48. The van der Waals surface area contributed by atoms with Crippen LogP contribution in [-0.4, -0.2) is 86.5 Å². The van der Waals surface area contributed by atoms with E-state index in [1.54, 1.807) is 12.1 Å². The Morgan fingerprint density at radius 3 is 2.18 bits per heavy atom. The number of carbonyl (C=O) groups is 1. The first-order valence-corrected chi connectivity index (χ1v) is 13.3. The van der Waals surface area contributed by atoms with Gasteiger partial charge in [-0.2, -0.15) is 4.31 Å². The zero-order chi connectivity index (χ0) is 24.1. The SMILES string of the molecule is CC1CN(S(=O)(=O)c2ccc(C(=O)N3CCN(C/C=C/c4ccccc4)CC3)cc2)CC(C)O1. The minimum atomic E-state index is -3.62. The summed E-state index contributed by atoms with van der Waals surface area (Å²) in [7, 11) is -3.62. The second kappa shape index (κ2) is 10.8. The van der Waals surface area contributed by atoms with E-state index < -0.39 is 10.0 Å². The van der Waals surface area contributed by atoms with Crippen molar-refractivity contribution in [2.75, 3.05) is 45.8 Å². The van der Waals surface area contributed by atoms with Gasteiger partial charge in [-0.3, -0.25) is 9.69 Å². The van der Waals surface area contributed by atoms with Crippen LogP contribution in [0.25, 0.3) is 6.08 Å². The van der Waals surface area contributed by atoms with Crippen LogP contribution in [-0.2, 0) is 14.8 Å². The molecule has 0 saturated carbocycles. The number of nitrogens with zero attached hydrogens (tertiary/aromatic N) is 3. The van der Waals surface area contributed by atoms with Crippen molar-refractivity contribution in [3.8, 4) is 0 Å². The molecule has 0 N–H and O–H groups in total. The van der Waals surface area contributed by atoms with Crippen LogP contribution in [0.2, 0.25) is 0 Å². The molecule has 0 aliphatic carbocycles. The van der Waals surface area contributed by atoms with Gasteiger partial charge in [-0.1, -0.05) is 42.5 Å². The molecule has 8 heteroatoms.